The first-order valence-electron chi connectivity index (χ1n) is 10.3. The summed E-state index contributed by atoms with van der Waals surface area (Å²) in [5.74, 6) is 4.87. The summed E-state index contributed by atoms with van der Waals surface area (Å²) in [6, 6.07) is 0. The topological polar surface area (TPSA) is 9.23 Å². The summed E-state index contributed by atoms with van der Waals surface area (Å²) >= 11 is 0. The normalized spacial score (nSPS) is 43.9. The minimum atomic E-state index is 0.588. The van der Waals surface area contributed by atoms with Gasteiger partial charge in [-0.15, -0.1) is 0 Å². The summed E-state index contributed by atoms with van der Waals surface area (Å²) in [4.78, 5) is 0. The summed E-state index contributed by atoms with van der Waals surface area (Å²) in [5.41, 5.74) is 0. The zero-order chi connectivity index (χ0) is 15.4. The molecule has 1 aliphatic heterocycles. The van der Waals surface area contributed by atoms with E-state index in [1.807, 2.05) is 0 Å². The molecule has 4 unspecified atom stereocenters. The van der Waals surface area contributed by atoms with Crippen LogP contribution in [0, 0.1) is 29.6 Å². The van der Waals surface area contributed by atoms with Gasteiger partial charge >= 0.3 is 0 Å². The Morgan fingerprint density at radius 2 is 1.59 bits per heavy atom. The van der Waals surface area contributed by atoms with Crippen LogP contribution in [0.25, 0.3) is 0 Å². The Labute approximate surface area is 138 Å². The van der Waals surface area contributed by atoms with Crippen LogP contribution >= 0.6 is 0 Å². The average Bonchev–Trinajstić information content (AvgIpc) is 2.50. The maximum Gasteiger partial charge on any atom is 0.0580 e. The number of ether oxygens (including phenoxy) is 1. The van der Waals surface area contributed by atoms with Crippen LogP contribution < -0.4 is 0 Å². The predicted molar refractivity (Wildman–Crippen MR) is 93.9 cm³/mol. The van der Waals surface area contributed by atoms with Crippen molar-refractivity contribution in [3.63, 3.8) is 0 Å². The first-order valence-corrected chi connectivity index (χ1v) is 10.3. The Bertz CT molecular complexity index is 326. The van der Waals surface area contributed by atoms with Gasteiger partial charge in [-0.3, -0.25) is 0 Å². The molecule has 3 rings (SSSR count). The molecular formula is C21H38O. The van der Waals surface area contributed by atoms with Crippen molar-refractivity contribution in [3.8, 4) is 0 Å². The lowest BCUT2D eigenvalue weighted by Gasteiger charge is -2.37. The maximum atomic E-state index is 6.17. The van der Waals surface area contributed by atoms with Crippen LogP contribution in [0.4, 0.5) is 0 Å². The van der Waals surface area contributed by atoms with E-state index in [1.54, 1.807) is 0 Å². The molecule has 0 aromatic heterocycles. The fraction of sp³-hybridized carbons (Fsp3) is 1.00. The third-order valence-corrected chi connectivity index (χ3v) is 7.04. The van der Waals surface area contributed by atoms with Gasteiger partial charge in [-0.25, -0.2) is 0 Å². The Kier molecular flexibility index (Phi) is 6.24. The minimum Gasteiger partial charge on any atom is -0.378 e. The molecule has 0 radical (unpaired) electrons. The van der Waals surface area contributed by atoms with Gasteiger partial charge in [-0.2, -0.15) is 0 Å². The van der Waals surface area contributed by atoms with E-state index in [0.29, 0.717) is 6.10 Å². The molecule has 3 fully saturated rings. The van der Waals surface area contributed by atoms with Crippen LogP contribution in [0.3, 0.4) is 0 Å². The van der Waals surface area contributed by atoms with Gasteiger partial charge in [0, 0.05) is 6.61 Å². The molecular weight excluding hydrogens is 268 g/mol. The minimum absolute atomic E-state index is 0.588. The molecule has 3 aliphatic rings. The standard InChI is InChI=1S/C21H38O/c1-16-6-5-8-18(12-16)13-19-10-11-22-21(14-19)15-20-9-4-3-7-17(20)2/h16-21H,3-15H2,1-2H3/t16-,17?,18?,19+,20?,21?/m1/s1. The van der Waals surface area contributed by atoms with E-state index in [9.17, 15) is 0 Å². The molecule has 1 saturated heterocycles. The second-order valence-electron chi connectivity index (χ2n) is 9.01. The summed E-state index contributed by atoms with van der Waals surface area (Å²) in [7, 11) is 0. The monoisotopic (exact) mass is 306 g/mol. The average molecular weight is 307 g/mol. The van der Waals surface area contributed by atoms with E-state index in [1.165, 1.54) is 77.0 Å². The highest BCUT2D eigenvalue weighted by molar-refractivity contribution is 4.81. The van der Waals surface area contributed by atoms with E-state index in [4.69, 9.17) is 4.74 Å². The fourth-order valence-electron chi connectivity index (χ4n) is 5.66. The predicted octanol–water partition coefficient (Wildman–Crippen LogP) is 6.21. The molecule has 1 heterocycles. The second-order valence-corrected chi connectivity index (χ2v) is 9.01. The molecule has 0 aromatic rings. The third kappa shape index (κ3) is 4.73. The molecule has 22 heavy (non-hydrogen) atoms. The van der Waals surface area contributed by atoms with Crippen molar-refractivity contribution in [2.75, 3.05) is 6.61 Å². The lowest BCUT2D eigenvalue weighted by Crippen LogP contribution is -2.31. The molecule has 2 saturated carbocycles. The van der Waals surface area contributed by atoms with E-state index < -0.39 is 0 Å². The Morgan fingerprint density at radius 3 is 2.41 bits per heavy atom. The molecule has 0 aromatic carbocycles. The highest BCUT2D eigenvalue weighted by Crippen LogP contribution is 2.39. The molecule has 0 spiro atoms. The highest BCUT2D eigenvalue weighted by Gasteiger charge is 2.30. The van der Waals surface area contributed by atoms with E-state index >= 15 is 0 Å². The smallest absolute Gasteiger partial charge is 0.0580 e. The number of hydrogen-bond acceptors (Lipinski definition) is 1. The van der Waals surface area contributed by atoms with Gasteiger partial charge in [-0.05, 0) is 61.7 Å². The third-order valence-electron chi connectivity index (χ3n) is 7.04. The zero-order valence-corrected chi connectivity index (χ0v) is 15.1. The zero-order valence-electron chi connectivity index (χ0n) is 15.1. The summed E-state index contributed by atoms with van der Waals surface area (Å²) in [6.07, 6.45) is 18.0. The van der Waals surface area contributed by atoms with E-state index in [2.05, 4.69) is 13.8 Å². The highest BCUT2D eigenvalue weighted by atomic mass is 16.5. The van der Waals surface area contributed by atoms with Gasteiger partial charge in [0.05, 0.1) is 6.10 Å². The second kappa shape index (κ2) is 8.18. The van der Waals surface area contributed by atoms with Crippen molar-refractivity contribution >= 4 is 0 Å². The largest absolute Gasteiger partial charge is 0.378 e. The summed E-state index contributed by atoms with van der Waals surface area (Å²) in [5, 5.41) is 0. The SMILES string of the molecule is CC1CCCCC1CC1C[C@H](CC2CCC[C@@H](C)C2)CCO1. The molecule has 0 amide bonds. The van der Waals surface area contributed by atoms with Crippen molar-refractivity contribution in [1.82, 2.24) is 0 Å². The van der Waals surface area contributed by atoms with Crippen molar-refractivity contribution in [2.45, 2.75) is 97.0 Å². The molecule has 0 bridgehead atoms. The van der Waals surface area contributed by atoms with Crippen LogP contribution in [0.2, 0.25) is 0 Å². The van der Waals surface area contributed by atoms with Crippen LogP contribution in [0.5, 0.6) is 0 Å². The van der Waals surface area contributed by atoms with Gasteiger partial charge in [-0.1, -0.05) is 58.8 Å². The van der Waals surface area contributed by atoms with Crippen LogP contribution in [-0.2, 0) is 4.74 Å². The molecule has 2 aliphatic carbocycles. The molecule has 1 nitrogen and oxygen atoms in total. The van der Waals surface area contributed by atoms with Gasteiger partial charge in [0.1, 0.15) is 0 Å². The van der Waals surface area contributed by atoms with Crippen molar-refractivity contribution in [3.05, 3.63) is 0 Å². The first-order chi connectivity index (χ1) is 10.7. The van der Waals surface area contributed by atoms with Crippen LogP contribution in [0.1, 0.15) is 90.9 Å². The number of rotatable bonds is 4. The summed E-state index contributed by atoms with van der Waals surface area (Å²) in [6.45, 7) is 5.98. The molecule has 0 N–H and O–H groups in total. The Hall–Kier alpha value is -0.0400. The van der Waals surface area contributed by atoms with Crippen molar-refractivity contribution in [2.24, 2.45) is 29.6 Å². The van der Waals surface area contributed by atoms with E-state index in [-0.39, 0.29) is 0 Å². The first kappa shape index (κ1) is 16.8. The van der Waals surface area contributed by atoms with Crippen LogP contribution in [0.15, 0.2) is 0 Å². The van der Waals surface area contributed by atoms with Crippen LogP contribution in [-0.4, -0.2) is 12.7 Å². The lowest BCUT2D eigenvalue weighted by molar-refractivity contribution is -0.0342. The summed E-state index contributed by atoms with van der Waals surface area (Å²) < 4.78 is 6.17. The maximum absolute atomic E-state index is 6.17. The fourth-order valence-corrected chi connectivity index (χ4v) is 5.66. The molecule has 1 heteroatoms. The quantitative estimate of drug-likeness (QED) is 0.599. The number of hydrogen-bond donors (Lipinski definition) is 0. The Balaban J connectivity index is 1.44. The van der Waals surface area contributed by atoms with E-state index in [0.717, 1.165) is 36.2 Å². The van der Waals surface area contributed by atoms with Crippen molar-refractivity contribution in [1.29, 1.82) is 0 Å². The van der Waals surface area contributed by atoms with Gasteiger partial charge in [0.25, 0.3) is 0 Å². The molecule has 6 atom stereocenters. The van der Waals surface area contributed by atoms with Gasteiger partial charge < -0.3 is 4.74 Å². The van der Waals surface area contributed by atoms with Gasteiger partial charge in [0.2, 0.25) is 0 Å². The lowest BCUT2D eigenvalue weighted by atomic mass is 9.74. The Morgan fingerprint density at radius 1 is 0.773 bits per heavy atom. The van der Waals surface area contributed by atoms with Gasteiger partial charge in [0.15, 0.2) is 0 Å². The van der Waals surface area contributed by atoms with Crippen molar-refractivity contribution < 1.29 is 4.74 Å². The molecule has 128 valence electrons.